The molecule has 0 spiro atoms. The number of nitrogens with zero attached hydrogens (tertiary/aromatic N) is 3. The average molecular weight is 410 g/mol. The maximum atomic E-state index is 12.5. The van der Waals surface area contributed by atoms with Crippen molar-refractivity contribution in [3.63, 3.8) is 0 Å². The monoisotopic (exact) mass is 409 g/mol. The van der Waals surface area contributed by atoms with Crippen LogP contribution in [0, 0.1) is 0 Å². The van der Waals surface area contributed by atoms with E-state index < -0.39 is 0 Å². The Kier molecular flexibility index (Phi) is 5.10. The Labute approximate surface area is 174 Å². The molecule has 150 valence electrons. The standard InChI is InChI=1S/C23H24ClN3O2/c24-21-17-8-4-5-9-20(17)29-23(28)18(21)14-27-11-10-19-16(13-27)12-25-22(26-19)15-6-2-1-3-7-15/h4-5,8-9,12,15H,1-3,6-7,10-11,13-14H2. The van der Waals surface area contributed by atoms with Crippen LogP contribution in [0.5, 0.6) is 0 Å². The Balaban J connectivity index is 1.36. The molecule has 1 saturated carbocycles. The molecule has 1 aliphatic heterocycles. The fraction of sp³-hybridized carbons (Fsp3) is 0.435. The maximum Gasteiger partial charge on any atom is 0.342 e. The van der Waals surface area contributed by atoms with Crippen LogP contribution in [0.3, 0.4) is 0 Å². The Morgan fingerprint density at radius 2 is 2.00 bits per heavy atom. The van der Waals surface area contributed by atoms with Gasteiger partial charge in [-0.05, 0) is 25.0 Å². The minimum absolute atomic E-state index is 0.358. The average Bonchev–Trinajstić information content (AvgIpc) is 2.77. The van der Waals surface area contributed by atoms with Gasteiger partial charge in [0, 0.05) is 54.8 Å². The van der Waals surface area contributed by atoms with Crippen LogP contribution in [0.2, 0.25) is 5.02 Å². The molecule has 1 aliphatic carbocycles. The second kappa shape index (κ2) is 7.88. The molecule has 0 bridgehead atoms. The molecule has 29 heavy (non-hydrogen) atoms. The van der Waals surface area contributed by atoms with E-state index in [0.29, 0.717) is 28.6 Å². The van der Waals surface area contributed by atoms with Gasteiger partial charge in [-0.1, -0.05) is 43.0 Å². The molecule has 0 N–H and O–H groups in total. The van der Waals surface area contributed by atoms with Gasteiger partial charge in [0.25, 0.3) is 0 Å². The van der Waals surface area contributed by atoms with Crippen molar-refractivity contribution in [2.24, 2.45) is 0 Å². The summed E-state index contributed by atoms with van der Waals surface area (Å²) in [5, 5.41) is 1.27. The SMILES string of the molecule is O=c1oc2ccccc2c(Cl)c1CN1CCc2nc(C3CCCCC3)ncc2C1. The van der Waals surface area contributed by atoms with Crippen molar-refractivity contribution in [2.45, 2.75) is 57.5 Å². The van der Waals surface area contributed by atoms with Crippen LogP contribution in [0.4, 0.5) is 0 Å². The van der Waals surface area contributed by atoms with E-state index in [-0.39, 0.29) is 5.63 Å². The van der Waals surface area contributed by atoms with Crippen LogP contribution in [0.25, 0.3) is 11.0 Å². The van der Waals surface area contributed by atoms with Crippen LogP contribution in [0.15, 0.2) is 39.7 Å². The molecule has 0 amide bonds. The summed E-state index contributed by atoms with van der Waals surface area (Å²) in [5.74, 6) is 1.54. The number of para-hydroxylation sites is 1. The minimum Gasteiger partial charge on any atom is -0.422 e. The molecule has 3 heterocycles. The fourth-order valence-electron chi connectivity index (χ4n) is 4.59. The van der Waals surface area contributed by atoms with E-state index in [1.54, 1.807) is 6.07 Å². The van der Waals surface area contributed by atoms with Crippen LogP contribution in [-0.2, 0) is 19.5 Å². The van der Waals surface area contributed by atoms with E-state index in [1.807, 2.05) is 24.4 Å². The lowest BCUT2D eigenvalue weighted by atomic mass is 9.88. The zero-order valence-electron chi connectivity index (χ0n) is 16.4. The van der Waals surface area contributed by atoms with Crippen molar-refractivity contribution < 1.29 is 4.42 Å². The normalized spacial score (nSPS) is 18.1. The van der Waals surface area contributed by atoms with Crippen LogP contribution in [0.1, 0.15) is 60.7 Å². The number of aromatic nitrogens is 2. The van der Waals surface area contributed by atoms with Gasteiger partial charge in [0.05, 0.1) is 10.6 Å². The molecule has 0 atom stereocenters. The van der Waals surface area contributed by atoms with Crippen LogP contribution in [-0.4, -0.2) is 21.4 Å². The van der Waals surface area contributed by atoms with Gasteiger partial charge in [-0.3, -0.25) is 4.90 Å². The number of hydrogen-bond acceptors (Lipinski definition) is 5. The number of rotatable bonds is 3. The van der Waals surface area contributed by atoms with Crippen molar-refractivity contribution >= 4 is 22.6 Å². The molecule has 0 saturated heterocycles. The topological polar surface area (TPSA) is 59.2 Å². The third kappa shape index (κ3) is 3.69. The molecule has 1 fully saturated rings. The predicted octanol–water partition coefficient (Wildman–Crippen LogP) is 4.84. The lowest BCUT2D eigenvalue weighted by Crippen LogP contribution is -2.33. The van der Waals surface area contributed by atoms with E-state index in [2.05, 4.69) is 9.88 Å². The molecule has 2 aromatic heterocycles. The minimum atomic E-state index is -0.358. The van der Waals surface area contributed by atoms with E-state index in [9.17, 15) is 4.79 Å². The molecule has 2 aliphatic rings. The summed E-state index contributed by atoms with van der Waals surface area (Å²) in [7, 11) is 0. The summed E-state index contributed by atoms with van der Waals surface area (Å²) < 4.78 is 5.48. The third-order valence-corrected chi connectivity index (χ3v) is 6.65. The summed E-state index contributed by atoms with van der Waals surface area (Å²) in [6.45, 7) is 2.04. The first-order valence-corrected chi connectivity index (χ1v) is 10.8. The van der Waals surface area contributed by atoms with Crippen molar-refractivity contribution in [2.75, 3.05) is 6.54 Å². The summed E-state index contributed by atoms with van der Waals surface area (Å²) in [4.78, 5) is 24.3. The largest absolute Gasteiger partial charge is 0.422 e. The Morgan fingerprint density at radius 1 is 1.17 bits per heavy atom. The zero-order chi connectivity index (χ0) is 19.8. The quantitative estimate of drug-likeness (QED) is 0.579. The highest BCUT2D eigenvalue weighted by Gasteiger charge is 2.24. The summed E-state index contributed by atoms with van der Waals surface area (Å²) >= 11 is 6.56. The second-order valence-electron chi connectivity index (χ2n) is 8.17. The van der Waals surface area contributed by atoms with Gasteiger partial charge in [0.1, 0.15) is 11.4 Å². The Bertz CT molecular complexity index is 1100. The van der Waals surface area contributed by atoms with Crippen molar-refractivity contribution in [1.82, 2.24) is 14.9 Å². The number of halogens is 1. The van der Waals surface area contributed by atoms with E-state index in [1.165, 1.54) is 32.1 Å². The Morgan fingerprint density at radius 3 is 2.86 bits per heavy atom. The lowest BCUT2D eigenvalue weighted by Gasteiger charge is -2.29. The highest BCUT2D eigenvalue weighted by atomic mass is 35.5. The molecule has 6 heteroatoms. The summed E-state index contributed by atoms with van der Waals surface area (Å²) in [5.41, 5.74) is 3.00. The van der Waals surface area contributed by atoms with Crippen molar-refractivity contribution in [3.05, 3.63) is 68.6 Å². The van der Waals surface area contributed by atoms with Gasteiger partial charge in [0.15, 0.2) is 0 Å². The molecular formula is C23H24ClN3O2. The van der Waals surface area contributed by atoms with Gasteiger partial charge in [-0.25, -0.2) is 14.8 Å². The fourth-order valence-corrected chi connectivity index (χ4v) is 4.88. The van der Waals surface area contributed by atoms with E-state index in [0.717, 1.165) is 42.0 Å². The smallest absolute Gasteiger partial charge is 0.342 e. The van der Waals surface area contributed by atoms with Crippen LogP contribution < -0.4 is 5.63 Å². The maximum absolute atomic E-state index is 12.5. The first-order chi connectivity index (χ1) is 14.2. The summed E-state index contributed by atoms with van der Waals surface area (Å²) in [6, 6.07) is 7.39. The zero-order valence-corrected chi connectivity index (χ0v) is 17.1. The van der Waals surface area contributed by atoms with E-state index >= 15 is 0 Å². The second-order valence-corrected chi connectivity index (χ2v) is 8.55. The van der Waals surface area contributed by atoms with Crippen molar-refractivity contribution in [3.8, 4) is 0 Å². The molecular weight excluding hydrogens is 386 g/mol. The van der Waals surface area contributed by atoms with Gasteiger partial charge < -0.3 is 4.42 Å². The van der Waals surface area contributed by atoms with Gasteiger partial charge >= 0.3 is 5.63 Å². The number of benzene rings is 1. The number of fused-ring (bicyclic) bond motifs is 2. The first-order valence-electron chi connectivity index (χ1n) is 10.5. The highest BCUT2D eigenvalue weighted by molar-refractivity contribution is 6.35. The molecule has 1 aromatic carbocycles. The molecule has 5 nitrogen and oxygen atoms in total. The molecule has 5 rings (SSSR count). The molecule has 0 unspecified atom stereocenters. The predicted molar refractivity (Wildman–Crippen MR) is 113 cm³/mol. The molecule has 0 radical (unpaired) electrons. The lowest BCUT2D eigenvalue weighted by molar-refractivity contribution is 0.239. The highest BCUT2D eigenvalue weighted by Crippen LogP contribution is 2.32. The van der Waals surface area contributed by atoms with Gasteiger partial charge in [0.2, 0.25) is 0 Å². The molecule has 3 aromatic rings. The van der Waals surface area contributed by atoms with Crippen molar-refractivity contribution in [1.29, 1.82) is 0 Å². The van der Waals surface area contributed by atoms with E-state index in [4.69, 9.17) is 21.0 Å². The van der Waals surface area contributed by atoms with Crippen LogP contribution >= 0.6 is 11.6 Å². The third-order valence-electron chi connectivity index (χ3n) is 6.22. The Hall–Kier alpha value is -2.24. The number of hydrogen-bond donors (Lipinski definition) is 0. The van der Waals surface area contributed by atoms with Gasteiger partial charge in [-0.2, -0.15) is 0 Å². The first kappa shape index (κ1) is 18.8. The summed E-state index contributed by atoms with van der Waals surface area (Å²) in [6.07, 6.45) is 9.18. The van der Waals surface area contributed by atoms with Gasteiger partial charge in [-0.15, -0.1) is 0 Å².